The molecular weight excluding hydrogens is 419 g/mol. The third-order valence-electron chi connectivity index (χ3n) is 5.63. The van der Waals surface area contributed by atoms with Crippen molar-refractivity contribution < 1.29 is 17.9 Å². The van der Waals surface area contributed by atoms with E-state index in [1.165, 1.54) is 18.2 Å². The molecule has 0 bridgehead atoms. The van der Waals surface area contributed by atoms with Crippen LogP contribution < -0.4 is 10.9 Å². The molecule has 3 aromatic carbocycles. The van der Waals surface area contributed by atoms with Crippen molar-refractivity contribution >= 4 is 16.5 Å². The second-order valence-electron chi connectivity index (χ2n) is 7.71. The second-order valence-corrected chi connectivity index (χ2v) is 7.71. The number of benzene rings is 3. The Morgan fingerprint density at radius 1 is 0.969 bits per heavy atom. The number of aromatic nitrogens is 2. The van der Waals surface area contributed by atoms with Gasteiger partial charge in [0.25, 0.3) is 5.56 Å². The molecule has 162 valence electrons. The lowest BCUT2D eigenvalue weighted by molar-refractivity contribution is 0.108. The zero-order valence-electron chi connectivity index (χ0n) is 16.7. The maximum atomic E-state index is 14.8. The van der Waals surface area contributed by atoms with E-state index in [2.05, 4.69) is 15.5 Å². The summed E-state index contributed by atoms with van der Waals surface area (Å²) in [6.45, 7) is 0.455. The Morgan fingerprint density at radius 2 is 1.78 bits per heavy atom. The maximum absolute atomic E-state index is 14.8. The quantitative estimate of drug-likeness (QED) is 0.483. The number of rotatable bonds is 5. The van der Waals surface area contributed by atoms with Gasteiger partial charge in [-0.15, -0.1) is 0 Å². The molecule has 2 unspecified atom stereocenters. The number of anilines is 1. The molecule has 2 N–H and O–H groups in total. The normalized spacial score (nSPS) is 17.3. The summed E-state index contributed by atoms with van der Waals surface area (Å²) in [5.74, 6) is -2.73. The minimum absolute atomic E-state index is 0.105. The Hall–Kier alpha value is -3.65. The number of halogens is 3. The lowest BCUT2D eigenvalue weighted by atomic mass is 9.83. The first kappa shape index (κ1) is 20.3. The van der Waals surface area contributed by atoms with Gasteiger partial charge in [-0.3, -0.25) is 4.79 Å². The lowest BCUT2D eigenvalue weighted by Gasteiger charge is -2.34. The summed E-state index contributed by atoms with van der Waals surface area (Å²) in [5, 5.41) is 10.3. The molecule has 8 heteroatoms. The van der Waals surface area contributed by atoms with E-state index in [0.717, 1.165) is 17.7 Å². The maximum Gasteiger partial charge on any atom is 0.272 e. The van der Waals surface area contributed by atoms with Crippen LogP contribution in [0.3, 0.4) is 0 Å². The Balaban J connectivity index is 1.59. The fraction of sp³-hybridized carbons (Fsp3) is 0.167. The molecule has 5 nitrogen and oxygen atoms in total. The van der Waals surface area contributed by atoms with Crippen LogP contribution in [0.25, 0.3) is 10.8 Å². The Morgan fingerprint density at radius 3 is 2.56 bits per heavy atom. The predicted molar refractivity (Wildman–Crippen MR) is 114 cm³/mol. The van der Waals surface area contributed by atoms with Gasteiger partial charge < -0.3 is 10.1 Å². The monoisotopic (exact) mass is 437 g/mol. The van der Waals surface area contributed by atoms with E-state index >= 15 is 0 Å². The van der Waals surface area contributed by atoms with E-state index < -0.39 is 35.0 Å². The largest absolute Gasteiger partial charge is 0.378 e. The van der Waals surface area contributed by atoms with Crippen molar-refractivity contribution in [3.05, 3.63) is 105 Å². The first-order valence-electron chi connectivity index (χ1n) is 10.1. The van der Waals surface area contributed by atoms with Crippen molar-refractivity contribution in [3.63, 3.8) is 0 Å². The topological polar surface area (TPSA) is 67.0 Å². The number of H-pyrrole nitrogens is 1. The number of nitrogens with zero attached hydrogens (tertiary/aromatic N) is 1. The molecule has 1 aliphatic heterocycles. The average molecular weight is 437 g/mol. The smallest absolute Gasteiger partial charge is 0.272 e. The summed E-state index contributed by atoms with van der Waals surface area (Å²) in [4.78, 5) is 12.3. The number of hydrogen-bond donors (Lipinski definition) is 2. The van der Waals surface area contributed by atoms with E-state index in [0.29, 0.717) is 23.4 Å². The lowest BCUT2D eigenvalue weighted by Crippen LogP contribution is -2.38. The number of hydrogen-bond acceptors (Lipinski definition) is 4. The summed E-state index contributed by atoms with van der Waals surface area (Å²) in [6, 6.07) is 14.7. The van der Waals surface area contributed by atoms with Crippen LogP contribution in [0.1, 0.15) is 22.7 Å². The van der Waals surface area contributed by atoms with Gasteiger partial charge in [0.2, 0.25) is 0 Å². The molecule has 0 radical (unpaired) electrons. The molecule has 0 aliphatic carbocycles. The van der Waals surface area contributed by atoms with E-state index in [9.17, 15) is 18.0 Å². The fourth-order valence-corrected chi connectivity index (χ4v) is 4.24. The molecule has 32 heavy (non-hydrogen) atoms. The SMILES string of the molecule is O=c1[nH]nc2c3c(cc(F)cc13)NC(COCc1ccccc1)C2c1ccc(F)cc1F. The minimum Gasteiger partial charge on any atom is -0.378 e. The van der Waals surface area contributed by atoms with Crippen LogP contribution in [0.15, 0.2) is 65.5 Å². The van der Waals surface area contributed by atoms with Crippen molar-refractivity contribution in [2.75, 3.05) is 11.9 Å². The fourth-order valence-electron chi connectivity index (χ4n) is 4.24. The highest BCUT2D eigenvalue weighted by Crippen LogP contribution is 2.41. The van der Waals surface area contributed by atoms with Gasteiger partial charge in [0.15, 0.2) is 0 Å². The molecule has 0 spiro atoms. The molecule has 0 amide bonds. The van der Waals surface area contributed by atoms with Crippen LogP contribution in [0.2, 0.25) is 0 Å². The van der Waals surface area contributed by atoms with Gasteiger partial charge in [-0.05, 0) is 29.3 Å². The highest BCUT2D eigenvalue weighted by Gasteiger charge is 2.36. The third-order valence-corrected chi connectivity index (χ3v) is 5.63. The summed E-state index contributed by atoms with van der Waals surface area (Å²) in [6.07, 6.45) is 0. The molecule has 0 fully saturated rings. The van der Waals surface area contributed by atoms with Crippen LogP contribution in [0.5, 0.6) is 0 Å². The van der Waals surface area contributed by atoms with Crippen LogP contribution in [0.4, 0.5) is 18.9 Å². The van der Waals surface area contributed by atoms with Crippen molar-refractivity contribution in [2.45, 2.75) is 18.6 Å². The van der Waals surface area contributed by atoms with Crippen LogP contribution >= 0.6 is 0 Å². The Labute approximate surface area is 180 Å². The van der Waals surface area contributed by atoms with Crippen LogP contribution in [-0.2, 0) is 11.3 Å². The van der Waals surface area contributed by atoms with Gasteiger partial charge in [0.1, 0.15) is 17.5 Å². The standard InChI is InChI=1S/C24H18F3N3O2/c25-14-6-7-16(18(27)9-14)21-20(12-32-11-13-4-2-1-3-5-13)28-19-10-15(26)8-17-22(19)23(21)29-30-24(17)31/h1-10,20-21,28H,11-12H2,(H,30,31). The molecule has 2 atom stereocenters. The molecule has 4 aromatic rings. The van der Waals surface area contributed by atoms with Crippen LogP contribution in [0, 0.1) is 17.5 Å². The molecule has 0 saturated heterocycles. The van der Waals surface area contributed by atoms with Crippen molar-refractivity contribution in [2.24, 2.45) is 0 Å². The van der Waals surface area contributed by atoms with Gasteiger partial charge in [-0.2, -0.15) is 5.10 Å². The van der Waals surface area contributed by atoms with Gasteiger partial charge in [-0.1, -0.05) is 36.4 Å². The average Bonchev–Trinajstić information content (AvgIpc) is 2.77. The number of nitrogens with one attached hydrogen (secondary N) is 2. The highest BCUT2D eigenvalue weighted by molar-refractivity contribution is 5.97. The van der Waals surface area contributed by atoms with Crippen LogP contribution in [-0.4, -0.2) is 22.8 Å². The molecule has 2 heterocycles. The molecule has 1 aliphatic rings. The Bertz CT molecular complexity index is 1360. The zero-order chi connectivity index (χ0) is 22.2. The van der Waals surface area contributed by atoms with E-state index in [-0.39, 0.29) is 17.6 Å². The van der Waals surface area contributed by atoms with E-state index in [1.54, 1.807) is 0 Å². The first-order chi connectivity index (χ1) is 15.5. The molecule has 0 saturated carbocycles. The van der Waals surface area contributed by atoms with Gasteiger partial charge in [-0.25, -0.2) is 18.3 Å². The first-order valence-corrected chi connectivity index (χ1v) is 10.1. The predicted octanol–water partition coefficient (Wildman–Crippen LogP) is 4.48. The van der Waals surface area contributed by atoms with Crippen molar-refractivity contribution in [1.29, 1.82) is 0 Å². The molecular formula is C24H18F3N3O2. The van der Waals surface area contributed by atoms with Gasteiger partial charge >= 0.3 is 0 Å². The summed E-state index contributed by atoms with van der Waals surface area (Å²) < 4.78 is 48.5. The third kappa shape index (κ3) is 3.62. The summed E-state index contributed by atoms with van der Waals surface area (Å²) in [7, 11) is 0. The number of ether oxygens (including phenoxy) is 1. The minimum atomic E-state index is -0.739. The highest BCUT2D eigenvalue weighted by atomic mass is 19.1. The van der Waals surface area contributed by atoms with Crippen molar-refractivity contribution in [3.8, 4) is 0 Å². The number of aromatic amines is 1. The van der Waals surface area contributed by atoms with Gasteiger partial charge in [0, 0.05) is 17.1 Å². The summed E-state index contributed by atoms with van der Waals surface area (Å²) in [5.41, 5.74) is 1.35. The second kappa shape index (κ2) is 8.12. The van der Waals surface area contributed by atoms with E-state index in [4.69, 9.17) is 4.74 Å². The Kier molecular flexibility index (Phi) is 5.14. The van der Waals surface area contributed by atoms with Gasteiger partial charge in [0.05, 0.1) is 36.3 Å². The van der Waals surface area contributed by atoms with E-state index in [1.807, 2.05) is 30.3 Å². The zero-order valence-corrected chi connectivity index (χ0v) is 16.7. The van der Waals surface area contributed by atoms with Crippen molar-refractivity contribution in [1.82, 2.24) is 10.2 Å². The summed E-state index contributed by atoms with van der Waals surface area (Å²) >= 11 is 0. The molecule has 1 aromatic heterocycles. The molecule has 5 rings (SSSR count).